The van der Waals surface area contributed by atoms with Gasteiger partial charge in [0.05, 0.1) is 17.6 Å². The molecular formula is C14H19BrN2O3S. The van der Waals surface area contributed by atoms with Crippen LogP contribution in [0.1, 0.15) is 12.8 Å². The van der Waals surface area contributed by atoms with E-state index in [1.165, 1.54) is 12.8 Å². The van der Waals surface area contributed by atoms with Gasteiger partial charge in [0.25, 0.3) is 0 Å². The van der Waals surface area contributed by atoms with Crippen molar-refractivity contribution in [2.75, 3.05) is 26.2 Å². The Morgan fingerprint density at radius 1 is 1.33 bits per heavy atom. The average molecular weight is 375 g/mol. The highest BCUT2D eigenvalue weighted by Crippen LogP contribution is 2.22. The summed E-state index contributed by atoms with van der Waals surface area (Å²) in [5, 5.41) is 0. The quantitative estimate of drug-likeness (QED) is 0.869. The Labute approximate surface area is 133 Å². The molecule has 116 valence electrons. The first-order chi connectivity index (χ1) is 10.0. The molecule has 2 aliphatic rings. The zero-order valence-electron chi connectivity index (χ0n) is 11.7. The van der Waals surface area contributed by atoms with Gasteiger partial charge in [-0.25, -0.2) is 13.1 Å². The molecule has 2 aliphatic heterocycles. The molecule has 3 rings (SSSR count). The minimum absolute atomic E-state index is 0.0652. The van der Waals surface area contributed by atoms with Crippen molar-refractivity contribution in [3.8, 4) is 0 Å². The van der Waals surface area contributed by atoms with Crippen molar-refractivity contribution in [2.45, 2.75) is 29.9 Å². The maximum absolute atomic E-state index is 12.2. The number of fused-ring (bicyclic) bond motifs is 1. The van der Waals surface area contributed by atoms with Crippen molar-refractivity contribution < 1.29 is 13.2 Å². The largest absolute Gasteiger partial charge is 0.374 e. The first kappa shape index (κ1) is 15.4. The SMILES string of the molecule is O=S(=O)(NCC1CN2CCCC2CO1)c1ccc(Br)cc1. The van der Waals surface area contributed by atoms with Crippen LogP contribution in [0.5, 0.6) is 0 Å². The summed E-state index contributed by atoms with van der Waals surface area (Å²) in [6.45, 7) is 2.95. The molecule has 1 aromatic carbocycles. The van der Waals surface area contributed by atoms with E-state index in [0.717, 1.165) is 17.6 Å². The lowest BCUT2D eigenvalue weighted by Crippen LogP contribution is -2.50. The van der Waals surface area contributed by atoms with E-state index in [1.807, 2.05) is 0 Å². The van der Waals surface area contributed by atoms with Gasteiger partial charge in [0.1, 0.15) is 0 Å². The minimum Gasteiger partial charge on any atom is -0.374 e. The van der Waals surface area contributed by atoms with Gasteiger partial charge in [-0.1, -0.05) is 15.9 Å². The third kappa shape index (κ3) is 3.65. The molecule has 2 heterocycles. The molecule has 2 atom stereocenters. The molecule has 0 bridgehead atoms. The van der Waals surface area contributed by atoms with Gasteiger partial charge in [-0.15, -0.1) is 0 Å². The molecule has 0 radical (unpaired) electrons. The van der Waals surface area contributed by atoms with Crippen molar-refractivity contribution in [3.05, 3.63) is 28.7 Å². The topological polar surface area (TPSA) is 58.6 Å². The van der Waals surface area contributed by atoms with Gasteiger partial charge in [0, 0.05) is 23.6 Å². The molecular weight excluding hydrogens is 356 g/mol. The lowest BCUT2D eigenvalue weighted by atomic mass is 10.2. The zero-order chi connectivity index (χ0) is 14.9. The summed E-state index contributed by atoms with van der Waals surface area (Å²) in [4.78, 5) is 2.68. The van der Waals surface area contributed by atoms with Gasteiger partial charge in [0.15, 0.2) is 0 Å². The van der Waals surface area contributed by atoms with Gasteiger partial charge >= 0.3 is 0 Å². The molecule has 1 N–H and O–H groups in total. The number of nitrogens with one attached hydrogen (secondary N) is 1. The fourth-order valence-electron chi connectivity index (χ4n) is 2.91. The van der Waals surface area contributed by atoms with E-state index in [-0.39, 0.29) is 11.0 Å². The Hall–Kier alpha value is -0.470. The molecule has 2 saturated heterocycles. The summed E-state index contributed by atoms with van der Waals surface area (Å²) >= 11 is 3.30. The third-order valence-corrected chi connectivity index (χ3v) is 6.05. The maximum Gasteiger partial charge on any atom is 0.240 e. The van der Waals surface area contributed by atoms with Crippen molar-refractivity contribution in [3.63, 3.8) is 0 Å². The Kier molecular flexibility index (Phi) is 4.66. The second-order valence-electron chi connectivity index (χ2n) is 5.55. The number of ether oxygens (including phenoxy) is 1. The van der Waals surface area contributed by atoms with Gasteiger partial charge in [-0.05, 0) is 43.7 Å². The van der Waals surface area contributed by atoms with Gasteiger partial charge in [-0.3, -0.25) is 4.90 Å². The molecule has 2 unspecified atom stereocenters. The van der Waals surface area contributed by atoms with Crippen LogP contribution in [-0.2, 0) is 14.8 Å². The van der Waals surface area contributed by atoms with Crippen LogP contribution in [0.3, 0.4) is 0 Å². The first-order valence-electron chi connectivity index (χ1n) is 7.15. The lowest BCUT2D eigenvalue weighted by Gasteiger charge is -2.35. The van der Waals surface area contributed by atoms with E-state index in [4.69, 9.17) is 4.74 Å². The Morgan fingerprint density at radius 2 is 2.10 bits per heavy atom. The number of benzene rings is 1. The van der Waals surface area contributed by atoms with Crippen molar-refractivity contribution in [2.24, 2.45) is 0 Å². The molecule has 21 heavy (non-hydrogen) atoms. The molecule has 7 heteroatoms. The predicted molar refractivity (Wildman–Crippen MR) is 83.7 cm³/mol. The van der Waals surface area contributed by atoms with Crippen LogP contribution in [0.4, 0.5) is 0 Å². The summed E-state index contributed by atoms with van der Waals surface area (Å²) in [5.41, 5.74) is 0. The molecule has 0 saturated carbocycles. The van der Waals surface area contributed by atoms with Crippen LogP contribution in [0.15, 0.2) is 33.6 Å². The van der Waals surface area contributed by atoms with Gasteiger partial charge < -0.3 is 4.74 Å². The second-order valence-corrected chi connectivity index (χ2v) is 8.23. The van der Waals surface area contributed by atoms with E-state index in [2.05, 4.69) is 25.6 Å². The van der Waals surface area contributed by atoms with Crippen LogP contribution >= 0.6 is 15.9 Å². The normalized spacial score (nSPS) is 26.7. The Balaban J connectivity index is 1.58. The number of nitrogens with zero attached hydrogens (tertiary/aromatic N) is 1. The van der Waals surface area contributed by atoms with Crippen LogP contribution in [0, 0.1) is 0 Å². The van der Waals surface area contributed by atoms with Crippen LogP contribution in [0.25, 0.3) is 0 Å². The van der Waals surface area contributed by atoms with Gasteiger partial charge in [-0.2, -0.15) is 0 Å². The van der Waals surface area contributed by atoms with E-state index in [9.17, 15) is 8.42 Å². The number of hydrogen-bond acceptors (Lipinski definition) is 4. The van der Waals surface area contributed by atoms with Crippen LogP contribution in [0.2, 0.25) is 0 Å². The molecule has 1 aromatic rings. The molecule has 5 nitrogen and oxygen atoms in total. The average Bonchev–Trinajstić information content (AvgIpc) is 2.93. The van der Waals surface area contributed by atoms with E-state index in [1.54, 1.807) is 24.3 Å². The summed E-state index contributed by atoms with van der Waals surface area (Å²) < 4.78 is 33.7. The smallest absolute Gasteiger partial charge is 0.240 e. The molecule has 0 aromatic heterocycles. The highest BCUT2D eigenvalue weighted by atomic mass is 79.9. The molecule has 0 aliphatic carbocycles. The zero-order valence-corrected chi connectivity index (χ0v) is 14.1. The van der Waals surface area contributed by atoms with E-state index in [0.29, 0.717) is 19.2 Å². The summed E-state index contributed by atoms with van der Waals surface area (Å²) in [7, 11) is -3.47. The maximum atomic E-state index is 12.2. The Morgan fingerprint density at radius 3 is 2.86 bits per heavy atom. The minimum atomic E-state index is -3.47. The number of sulfonamides is 1. The number of morpholine rings is 1. The summed E-state index contributed by atoms with van der Waals surface area (Å²) in [6.07, 6.45) is 2.34. The highest BCUT2D eigenvalue weighted by molar-refractivity contribution is 9.10. The van der Waals surface area contributed by atoms with E-state index >= 15 is 0 Å². The second kappa shape index (κ2) is 6.34. The highest BCUT2D eigenvalue weighted by Gasteiger charge is 2.32. The molecule has 0 spiro atoms. The lowest BCUT2D eigenvalue weighted by molar-refractivity contribution is -0.0449. The summed E-state index contributed by atoms with van der Waals surface area (Å²) in [6, 6.07) is 7.15. The van der Waals surface area contributed by atoms with E-state index < -0.39 is 10.0 Å². The number of hydrogen-bond donors (Lipinski definition) is 1. The summed E-state index contributed by atoms with van der Waals surface area (Å²) in [5.74, 6) is 0. The van der Waals surface area contributed by atoms with Crippen LogP contribution < -0.4 is 4.72 Å². The number of halogens is 1. The van der Waals surface area contributed by atoms with Crippen molar-refractivity contribution >= 4 is 26.0 Å². The first-order valence-corrected chi connectivity index (χ1v) is 9.43. The predicted octanol–water partition coefficient (Wildman–Crippen LogP) is 1.59. The fraction of sp³-hybridized carbons (Fsp3) is 0.571. The van der Waals surface area contributed by atoms with Crippen molar-refractivity contribution in [1.82, 2.24) is 9.62 Å². The number of rotatable bonds is 4. The molecule has 0 amide bonds. The van der Waals surface area contributed by atoms with Crippen molar-refractivity contribution in [1.29, 1.82) is 0 Å². The standard InChI is InChI=1S/C14H19BrN2O3S/c15-11-3-5-14(6-4-11)21(18,19)16-8-13-9-17-7-1-2-12(17)10-20-13/h3-6,12-13,16H,1-2,7-10H2. The van der Waals surface area contributed by atoms with Crippen LogP contribution in [-0.4, -0.2) is 51.7 Å². The Bertz CT molecular complexity index is 591. The van der Waals surface area contributed by atoms with Gasteiger partial charge in [0.2, 0.25) is 10.0 Å². The third-order valence-electron chi connectivity index (χ3n) is 4.09. The fourth-order valence-corrected chi connectivity index (χ4v) is 4.24. The molecule has 2 fully saturated rings. The monoisotopic (exact) mass is 374 g/mol.